The van der Waals surface area contributed by atoms with Crippen molar-refractivity contribution in [3.8, 4) is 21.9 Å². The van der Waals surface area contributed by atoms with Gasteiger partial charge in [-0.2, -0.15) is 9.97 Å². The molecule has 0 saturated carbocycles. The Labute approximate surface area is 278 Å². The molecule has 2 aromatic carbocycles. The Kier molecular flexibility index (Phi) is 10.7. The van der Waals surface area contributed by atoms with Gasteiger partial charge in [-0.1, -0.05) is 34.8 Å². The van der Waals surface area contributed by atoms with Gasteiger partial charge in [0.1, 0.15) is 39.5 Å². The molecule has 0 aliphatic rings. The molecule has 0 bridgehead atoms. The van der Waals surface area contributed by atoms with Crippen molar-refractivity contribution in [3.63, 3.8) is 0 Å². The molecule has 4 aromatic rings. The number of hydrogen-bond donors (Lipinski definition) is 0. The summed E-state index contributed by atoms with van der Waals surface area (Å²) in [7, 11) is 0. The van der Waals surface area contributed by atoms with Crippen molar-refractivity contribution in [1.82, 2.24) is 9.97 Å². The molecule has 0 radical (unpaired) electrons. The number of Topliss-reactive ketones (excluding diaryl/α,β-unsaturated/α-hetero) is 1. The lowest BCUT2D eigenvalue weighted by Crippen LogP contribution is -2.25. The summed E-state index contributed by atoms with van der Waals surface area (Å²) in [4.78, 5) is 24.0. The van der Waals surface area contributed by atoms with Gasteiger partial charge in [-0.15, -0.1) is 23.2 Å². The second kappa shape index (κ2) is 13.6. The number of halogens is 2. The summed E-state index contributed by atoms with van der Waals surface area (Å²) in [5.74, 6) is -0.0162. The van der Waals surface area contributed by atoms with Gasteiger partial charge in [0.05, 0.1) is 33.4 Å². The maximum absolute atomic E-state index is 14.5. The Morgan fingerprint density at radius 3 is 1.36 bits per heavy atom. The molecule has 7 nitrogen and oxygen atoms in total. The molecular weight excluding hydrogens is 639 g/mol. The molecule has 2 atom stereocenters. The number of ether oxygens (including phenoxy) is 4. The van der Waals surface area contributed by atoms with Crippen LogP contribution in [0.4, 0.5) is 0 Å². The SMILES string of the molecule is CC(C)Oc1nc2c(OC(C)(C)C)ccc(C(CCl)C(=O)C(CCl)c3ccc(OC(C)(C)C)c4nc(OC(C)C)sc34)c2s1. The molecule has 240 valence electrons. The molecule has 2 unspecified atom stereocenters. The van der Waals surface area contributed by atoms with Gasteiger partial charge in [0.25, 0.3) is 10.4 Å². The van der Waals surface area contributed by atoms with E-state index >= 15 is 0 Å². The molecule has 0 saturated heterocycles. The van der Waals surface area contributed by atoms with E-state index in [1.807, 2.05) is 93.5 Å². The summed E-state index contributed by atoms with van der Waals surface area (Å²) in [6.07, 6.45) is -0.123. The lowest BCUT2D eigenvalue weighted by atomic mass is 9.85. The normalized spacial score (nSPS) is 14.0. The fourth-order valence-electron chi connectivity index (χ4n) is 4.71. The molecule has 2 aromatic heterocycles. The number of carbonyl (C=O) groups excluding carboxylic acids is 1. The van der Waals surface area contributed by atoms with Crippen LogP contribution in [0, 0.1) is 0 Å². The van der Waals surface area contributed by atoms with Crippen molar-refractivity contribution < 1.29 is 23.7 Å². The Morgan fingerprint density at radius 1 is 0.705 bits per heavy atom. The Hall–Kier alpha value is -2.33. The zero-order valence-corrected chi connectivity index (χ0v) is 30.2. The fraction of sp³-hybridized carbons (Fsp3) is 0.545. The van der Waals surface area contributed by atoms with E-state index in [1.165, 1.54) is 22.7 Å². The number of hydrogen-bond acceptors (Lipinski definition) is 9. The van der Waals surface area contributed by atoms with E-state index in [0.29, 0.717) is 32.9 Å². The Bertz CT molecular complexity index is 1500. The first-order valence-electron chi connectivity index (χ1n) is 14.7. The molecule has 0 spiro atoms. The van der Waals surface area contributed by atoms with Gasteiger partial charge in [0, 0.05) is 11.8 Å². The van der Waals surface area contributed by atoms with E-state index in [2.05, 4.69) is 0 Å². The van der Waals surface area contributed by atoms with E-state index in [1.54, 1.807) is 0 Å². The summed E-state index contributed by atoms with van der Waals surface area (Å²) in [6, 6.07) is 7.54. The van der Waals surface area contributed by atoms with Crippen molar-refractivity contribution in [2.24, 2.45) is 0 Å². The number of rotatable bonds is 12. The predicted molar refractivity (Wildman–Crippen MR) is 183 cm³/mol. The van der Waals surface area contributed by atoms with Crippen LogP contribution in [0.1, 0.15) is 92.2 Å². The molecule has 11 heteroatoms. The van der Waals surface area contributed by atoms with Crippen LogP contribution in [0.25, 0.3) is 20.4 Å². The number of carbonyl (C=O) groups is 1. The number of benzene rings is 2. The van der Waals surface area contributed by atoms with Crippen molar-refractivity contribution in [2.45, 2.75) is 104 Å². The smallest absolute Gasteiger partial charge is 0.274 e. The van der Waals surface area contributed by atoms with Crippen LogP contribution < -0.4 is 18.9 Å². The van der Waals surface area contributed by atoms with E-state index in [-0.39, 0.29) is 29.8 Å². The van der Waals surface area contributed by atoms with Crippen molar-refractivity contribution in [3.05, 3.63) is 35.4 Å². The molecule has 0 amide bonds. The monoisotopic (exact) mass is 680 g/mol. The number of aromatic nitrogens is 2. The first-order valence-corrected chi connectivity index (χ1v) is 17.4. The Morgan fingerprint density at radius 2 is 1.07 bits per heavy atom. The summed E-state index contributed by atoms with van der Waals surface area (Å²) in [6.45, 7) is 19.7. The number of ketones is 1. The minimum absolute atomic E-state index is 0.0614. The summed E-state index contributed by atoms with van der Waals surface area (Å²) >= 11 is 16.0. The molecule has 0 aliphatic carbocycles. The van der Waals surface area contributed by atoms with Crippen LogP contribution in [-0.4, -0.2) is 50.9 Å². The lowest BCUT2D eigenvalue weighted by molar-refractivity contribution is -0.121. The van der Waals surface area contributed by atoms with Crippen LogP contribution >= 0.6 is 45.9 Å². The number of fused-ring (bicyclic) bond motifs is 2. The van der Waals surface area contributed by atoms with Gasteiger partial charge in [-0.25, -0.2) is 0 Å². The largest absolute Gasteiger partial charge is 0.486 e. The third-order valence-electron chi connectivity index (χ3n) is 6.29. The van der Waals surface area contributed by atoms with Gasteiger partial charge in [-0.05, 0) is 92.5 Å². The summed E-state index contributed by atoms with van der Waals surface area (Å²) in [5.41, 5.74) is 1.95. The highest BCUT2D eigenvalue weighted by atomic mass is 35.5. The third-order valence-corrected chi connectivity index (χ3v) is 8.89. The maximum Gasteiger partial charge on any atom is 0.274 e. The first-order chi connectivity index (χ1) is 20.5. The van der Waals surface area contributed by atoms with Crippen LogP contribution in [-0.2, 0) is 4.79 Å². The average Bonchev–Trinajstić information content (AvgIpc) is 3.49. The van der Waals surface area contributed by atoms with E-state index in [9.17, 15) is 4.79 Å². The molecule has 44 heavy (non-hydrogen) atoms. The number of thiazole rings is 2. The number of alkyl halides is 2. The molecular formula is C33H42Cl2N2O5S2. The maximum atomic E-state index is 14.5. The predicted octanol–water partition coefficient (Wildman–Crippen LogP) is 9.75. The lowest BCUT2D eigenvalue weighted by Gasteiger charge is -2.24. The number of nitrogens with zero attached hydrogens (tertiary/aromatic N) is 2. The van der Waals surface area contributed by atoms with Crippen LogP contribution in [0.5, 0.6) is 21.9 Å². The van der Waals surface area contributed by atoms with Crippen LogP contribution in [0.2, 0.25) is 0 Å². The molecule has 0 fully saturated rings. The molecule has 4 rings (SSSR count). The quantitative estimate of drug-likeness (QED) is 0.138. The zero-order valence-electron chi connectivity index (χ0n) is 27.0. The highest BCUT2D eigenvalue weighted by Gasteiger charge is 2.34. The third kappa shape index (κ3) is 8.08. The van der Waals surface area contributed by atoms with E-state index in [4.69, 9.17) is 52.1 Å². The van der Waals surface area contributed by atoms with E-state index < -0.39 is 23.0 Å². The standard InChI is InChI=1S/C33H42Cl2N2O5S2/c1-17(2)39-30-36-25-23(41-32(5,6)7)13-11-19(28(25)43-30)21(15-34)27(38)22(16-35)20-12-14-24(42-33(8,9)10)26-29(20)44-31(37-26)40-18(3)4/h11-14,17-18,21-22H,15-16H2,1-10H3. The second-order valence-electron chi connectivity index (χ2n) is 13.2. The van der Waals surface area contributed by atoms with Gasteiger partial charge in [0.2, 0.25) is 0 Å². The van der Waals surface area contributed by atoms with Gasteiger partial charge >= 0.3 is 0 Å². The Balaban J connectivity index is 1.83. The van der Waals surface area contributed by atoms with Gasteiger partial charge in [0.15, 0.2) is 0 Å². The summed E-state index contributed by atoms with van der Waals surface area (Å²) in [5, 5.41) is 1.02. The average molecular weight is 682 g/mol. The summed E-state index contributed by atoms with van der Waals surface area (Å²) < 4.78 is 26.0. The minimum Gasteiger partial charge on any atom is -0.486 e. The van der Waals surface area contributed by atoms with Gasteiger partial charge < -0.3 is 18.9 Å². The molecule has 2 heterocycles. The van der Waals surface area contributed by atoms with Crippen molar-refractivity contribution in [1.29, 1.82) is 0 Å². The van der Waals surface area contributed by atoms with Crippen LogP contribution in [0.3, 0.4) is 0 Å². The second-order valence-corrected chi connectivity index (χ2v) is 15.7. The zero-order chi connectivity index (χ0) is 32.6. The molecule has 0 N–H and O–H groups in total. The van der Waals surface area contributed by atoms with E-state index in [0.717, 1.165) is 20.5 Å². The topological polar surface area (TPSA) is 79.8 Å². The fourth-order valence-corrected chi connectivity index (χ4v) is 7.59. The molecule has 0 aliphatic heterocycles. The van der Waals surface area contributed by atoms with Crippen molar-refractivity contribution in [2.75, 3.05) is 11.8 Å². The first kappa shape index (κ1) is 34.5. The highest BCUT2D eigenvalue weighted by molar-refractivity contribution is 7.20. The van der Waals surface area contributed by atoms with Crippen molar-refractivity contribution >= 4 is 72.1 Å². The van der Waals surface area contributed by atoms with Gasteiger partial charge in [-0.3, -0.25) is 4.79 Å². The minimum atomic E-state index is -0.654. The highest BCUT2D eigenvalue weighted by Crippen LogP contribution is 2.45. The van der Waals surface area contributed by atoms with Crippen LogP contribution in [0.15, 0.2) is 24.3 Å².